The lowest BCUT2D eigenvalue weighted by Crippen LogP contribution is -2.33. The Morgan fingerprint density at radius 2 is 2.08 bits per heavy atom. The molecule has 12 heavy (non-hydrogen) atoms. The Balaban J connectivity index is 2.34. The molecule has 1 fully saturated rings. The van der Waals surface area contributed by atoms with E-state index in [9.17, 15) is 0 Å². The van der Waals surface area contributed by atoms with Crippen LogP contribution in [0.25, 0.3) is 0 Å². The van der Waals surface area contributed by atoms with Crippen molar-refractivity contribution < 1.29 is 5.21 Å². The Morgan fingerprint density at radius 1 is 1.33 bits per heavy atom. The van der Waals surface area contributed by atoms with Gasteiger partial charge in [0.05, 0.1) is 0 Å². The van der Waals surface area contributed by atoms with E-state index in [0.717, 1.165) is 19.4 Å². The van der Waals surface area contributed by atoms with E-state index in [4.69, 9.17) is 5.21 Å². The van der Waals surface area contributed by atoms with E-state index in [-0.39, 0.29) is 0 Å². The van der Waals surface area contributed by atoms with E-state index < -0.39 is 0 Å². The average molecular weight is 172 g/mol. The Kier molecular flexibility index (Phi) is 3.98. The summed E-state index contributed by atoms with van der Waals surface area (Å²) in [4.78, 5) is 2.47. The summed E-state index contributed by atoms with van der Waals surface area (Å²) >= 11 is 0. The van der Waals surface area contributed by atoms with Gasteiger partial charge in [-0.25, -0.2) is 5.48 Å². The SMILES string of the molecule is CC(C)N1CCCC(NO)CC1. The van der Waals surface area contributed by atoms with Crippen LogP contribution in [0.4, 0.5) is 0 Å². The van der Waals surface area contributed by atoms with Crippen molar-refractivity contribution in [3.8, 4) is 0 Å². The average Bonchev–Trinajstić information content (AvgIpc) is 2.28. The third-order valence-electron chi connectivity index (χ3n) is 2.68. The fraction of sp³-hybridized carbons (Fsp3) is 1.00. The maximum absolute atomic E-state index is 8.77. The Bertz CT molecular complexity index is 128. The van der Waals surface area contributed by atoms with Gasteiger partial charge in [0.2, 0.25) is 0 Å². The van der Waals surface area contributed by atoms with E-state index in [1.807, 2.05) is 0 Å². The molecule has 2 N–H and O–H groups in total. The second-order valence-electron chi connectivity index (χ2n) is 3.89. The third kappa shape index (κ3) is 2.73. The zero-order valence-corrected chi connectivity index (χ0v) is 8.08. The standard InChI is InChI=1S/C9H20N2O/c1-8(2)11-6-3-4-9(10-12)5-7-11/h8-10,12H,3-7H2,1-2H3. The zero-order valence-electron chi connectivity index (χ0n) is 8.08. The molecule has 0 amide bonds. The summed E-state index contributed by atoms with van der Waals surface area (Å²) in [6, 6.07) is 0.955. The minimum atomic E-state index is 0.314. The van der Waals surface area contributed by atoms with Crippen LogP contribution in [0, 0.1) is 0 Å². The molecule has 0 aromatic heterocycles. The van der Waals surface area contributed by atoms with Gasteiger partial charge in [-0.05, 0) is 46.2 Å². The van der Waals surface area contributed by atoms with E-state index in [2.05, 4.69) is 24.2 Å². The molecule has 0 aliphatic carbocycles. The van der Waals surface area contributed by atoms with Gasteiger partial charge in [-0.3, -0.25) is 0 Å². The molecule has 3 heteroatoms. The van der Waals surface area contributed by atoms with Crippen molar-refractivity contribution >= 4 is 0 Å². The molecule has 3 nitrogen and oxygen atoms in total. The van der Waals surface area contributed by atoms with Gasteiger partial charge in [-0.1, -0.05) is 0 Å². The van der Waals surface area contributed by atoms with Crippen molar-refractivity contribution in [2.45, 2.75) is 45.2 Å². The van der Waals surface area contributed by atoms with Crippen LogP contribution >= 0.6 is 0 Å². The number of likely N-dealkylation sites (tertiary alicyclic amines) is 1. The predicted octanol–water partition coefficient (Wildman–Crippen LogP) is 1.23. The van der Waals surface area contributed by atoms with E-state index in [1.54, 1.807) is 0 Å². The van der Waals surface area contributed by atoms with Crippen molar-refractivity contribution in [3.05, 3.63) is 0 Å². The largest absolute Gasteiger partial charge is 0.317 e. The van der Waals surface area contributed by atoms with Crippen molar-refractivity contribution in [1.82, 2.24) is 10.4 Å². The summed E-state index contributed by atoms with van der Waals surface area (Å²) in [6.45, 7) is 6.74. The quantitative estimate of drug-likeness (QED) is 0.615. The first-order chi connectivity index (χ1) is 5.74. The first-order valence-electron chi connectivity index (χ1n) is 4.87. The van der Waals surface area contributed by atoms with Crippen LogP contribution in [0.5, 0.6) is 0 Å². The topological polar surface area (TPSA) is 35.5 Å². The number of nitrogens with zero attached hydrogens (tertiary/aromatic N) is 1. The van der Waals surface area contributed by atoms with Gasteiger partial charge in [0.15, 0.2) is 0 Å². The highest BCUT2D eigenvalue weighted by Crippen LogP contribution is 2.12. The second kappa shape index (κ2) is 4.80. The molecule has 0 aromatic carbocycles. The molecule has 1 rings (SSSR count). The highest BCUT2D eigenvalue weighted by Gasteiger charge is 2.17. The molecule has 1 heterocycles. The maximum atomic E-state index is 8.77. The summed E-state index contributed by atoms with van der Waals surface area (Å²) < 4.78 is 0. The number of hydrogen-bond acceptors (Lipinski definition) is 3. The molecule has 1 saturated heterocycles. The smallest absolute Gasteiger partial charge is 0.0332 e. The van der Waals surface area contributed by atoms with Crippen LogP contribution in [0.2, 0.25) is 0 Å². The fourth-order valence-corrected chi connectivity index (χ4v) is 1.76. The van der Waals surface area contributed by atoms with Crippen molar-refractivity contribution in [1.29, 1.82) is 0 Å². The van der Waals surface area contributed by atoms with Crippen molar-refractivity contribution in [2.24, 2.45) is 0 Å². The van der Waals surface area contributed by atoms with Gasteiger partial charge in [-0.15, -0.1) is 0 Å². The Hall–Kier alpha value is -0.120. The molecular weight excluding hydrogens is 152 g/mol. The molecule has 1 aliphatic rings. The maximum Gasteiger partial charge on any atom is 0.0332 e. The minimum Gasteiger partial charge on any atom is -0.317 e. The van der Waals surface area contributed by atoms with E-state index in [1.165, 1.54) is 13.0 Å². The van der Waals surface area contributed by atoms with E-state index >= 15 is 0 Å². The van der Waals surface area contributed by atoms with Gasteiger partial charge in [0, 0.05) is 12.1 Å². The minimum absolute atomic E-state index is 0.314. The predicted molar refractivity (Wildman–Crippen MR) is 49.3 cm³/mol. The summed E-state index contributed by atoms with van der Waals surface area (Å²) in [7, 11) is 0. The van der Waals surface area contributed by atoms with Crippen LogP contribution < -0.4 is 5.48 Å². The van der Waals surface area contributed by atoms with Crippen LogP contribution in [-0.4, -0.2) is 35.3 Å². The summed E-state index contributed by atoms with van der Waals surface area (Å²) in [5, 5.41) is 8.77. The van der Waals surface area contributed by atoms with Gasteiger partial charge in [0.1, 0.15) is 0 Å². The lowest BCUT2D eigenvalue weighted by molar-refractivity contribution is 0.117. The molecule has 0 radical (unpaired) electrons. The molecule has 0 aromatic rings. The van der Waals surface area contributed by atoms with Crippen LogP contribution in [0.3, 0.4) is 0 Å². The number of hydrogen-bond donors (Lipinski definition) is 2. The van der Waals surface area contributed by atoms with Gasteiger partial charge < -0.3 is 10.1 Å². The first-order valence-corrected chi connectivity index (χ1v) is 4.87. The van der Waals surface area contributed by atoms with Gasteiger partial charge >= 0.3 is 0 Å². The second-order valence-corrected chi connectivity index (χ2v) is 3.89. The number of nitrogens with one attached hydrogen (secondary N) is 1. The normalized spacial score (nSPS) is 27.5. The summed E-state index contributed by atoms with van der Waals surface area (Å²) in [5.74, 6) is 0. The van der Waals surface area contributed by atoms with Crippen molar-refractivity contribution in [3.63, 3.8) is 0 Å². The van der Waals surface area contributed by atoms with Crippen LogP contribution in [0.15, 0.2) is 0 Å². The fourth-order valence-electron chi connectivity index (χ4n) is 1.76. The lowest BCUT2D eigenvalue weighted by Gasteiger charge is -2.24. The Morgan fingerprint density at radius 3 is 2.67 bits per heavy atom. The Labute approximate surface area is 74.7 Å². The molecule has 0 saturated carbocycles. The zero-order chi connectivity index (χ0) is 8.97. The molecule has 1 unspecified atom stereocenters. The first kappa shape index (κ1) is 9.96. The number of hydroxylamine groups is 1. The highest BCUT2D eigenvalue weighted by atomic mass is 16.5. The molecule has 1 atom stereocenters. The molecular formula is C9H20N2O. The van der Waals surface area contributed by atoms with Crippen LogP contribution in [0.1, 0.15) is 33.1 Å². The molecule has 0 spiro atoms. The monoisotopic (exact) mass is 172 g/mol. The molecule has 1 aliphatic heterocycles. The van der Waals surface area contributed by atoms with Gasteiger partial charge in [0.25, 0.3) is 0 Å². The van der Waals surface area contributed by atoms with Gasteiger partial charge in [-0.2, -0.15) is 0 Å². The number of rotatable bonds is 2. The van der Waals surface area contributed by atoms with Crippen molar-refractivity contribution in [2.75, 3.05) is 13.1 Å². The highest BCUT2D eigenvalue weighted by molar-refractivity contribution is 4.73. The van der Waals surface area contributed by atoms with Crippen LogP contribution in [-0.2, 0) is 0 Å². The summed E-state index contributed by atoms with van der Waals surface area (Å²) in [6.07, 6.45) is 3.35. The lowest BCUT2D eigenvalue weighted by atomic mass is 10.1. The third-order valence-corrected chi connectivity index (χ3v) is 2.68. The van der Waals surface area contributed by atoms with E-state index in [0.29, 0.717) is 12.1 Å². The molecule has 0 bridgehead atoms. The summed E-state index contributed by atoms with van der Waals surface area (Å²) in [5.41, 5.74) is 2.38. The molecule has 72 valence electrons.